The molecular formula is C14H26F3N3. The Morgan fingerprint density at radius 2 is 1.85 bits per heavy atom. The lowest BCUT2D eigenvalue weighted by atomic mass is 10.0. The van der Waals surface area contributed by atoms with E-state index in [1.165, 1.54) is 0 Å². The van der Waals surface area contributed by atoms with Crippen LogP contribution in [0.2, 0.25) is 0 Å². The zero-order valence-corrected chi connectivity index (χ0v) is 12.3. The van der Waals surface area contributed by atoms with E-state index in [4.69, 9.17) is 0 Å². The van der Waals surface area contributed by atoms with Crippen molar-refractivity contribution in [1.82, 2.24) is 15.1 Å². The molecule has 2 aliphatic heterocycles. The van der Waals surface area contributed by atoms with Crippen molar-refractivity contribution in [1.29, 1.82) is 0 Å². The molecule has 2 saturated heterocycles. The van der Waals surface area contributed by atoms with Gasteiger partial charge in [-0.1, -0.05) is 6.92 Å². The summed E-state index contributed by atoms with van der Waals surface area (Å²) in [4.78, 5) is 4.50. The fourth-order valence-corrected chi connectivity index (χ4v) is 3.31. The molecule has 3 nitrogen and oxygen atoms in total. The zero-order valence-electron chi connectivity index (χ0n) is 12.3. The van der Waals surface area contributed by atoms with Crippen molar-refractivity contribution < 1.29 is 13.2 Å². The van der Waals surface area contributed by atoms with Crippen molar-refractivity contribution in [2.45, 2.75) is 38.4 Å². The van der Waals surface area contributed by atoms with Crippen LogP contribution in [-0.2, 0) is 0 Å². The summed E-state index contributed by atoms with van der Waals surface area (Å²) in [6.07, 6.45) is -0.928. The molecule has 1 atom stereocenters. The second kappa shape index (κ2) is 7.09. The Kier molecular flexibility index (Phi) is 5.69. The first-order valence-corrected chi connectivity index (χ1v) is 7.74. The molecule has 0 radical (unpaired) electrons. The average molecular weight is 293 g/mol. The van der Waals surface area contributed by atoms with Crippen LogP contribution in [0.15, 0.2) is 0 Å². The standard InChI is InChI=1S/C14H26F3N3/c1-2-6-19-7-3-13(4-8-19)20-9-5-18-10-12(11-20)14(15,16)17/h12-13,18H,2-11H2,1H3. The Balaban J connectivity index is 1.88. The van der Waals surface area contributed by atoms with Gasteiger partial charge in [-0.15, -0.1) is 0 Å². The van der Waals surface area contributed by atoms with Gasteiger partial charge in [0.2, 0.25) is 0 Å². The second-order valence-corrected chi connectivity index (χ2v) is 6.01. The number of likely N-dealkylation sites (tertiary alicyclic amines) is 1. The highest BCUT2D eigenvalue weighted by molar-refractivity contribution is 4.85. The molecule has 6 heteroatoms. The van der Waals surface area contributed by atoms with Gasteiger partial charge in [0.15, 0.2) is 0 Å². The van der Waals surface area contributed by atoms with Crippen LogP contribution in [0.1, 0.15) is 26.2 Å². The van der Waals surface area contributed by atoms with Crippen molar-refractivity contribution >= 4 is 0 Å². The summed E-state index contributed by atoms with van der Waals surface area (Å²) >= 11 is 0. The molecule has 0 aromatic rings. The first-order chi connectivity index (χ1) is 9.50. The first kappa shape index (κ1) is 16.0. The number of nitrogens with zero attached hydrogens (tertiary/aromatic N) is 2. The van der Waals surface area contributed by atoms with Crippen molar-refractivity contribution in [3.8, 4) is 0 Å². The molecule has 0 aliphatic carbocycles. The number of halogens is 3. The summed E-state index contributed by atoms with van der Waals surface area (Å²) in [6, 6.07) is 0.327. The quantitative estimate of drug-likeness (QED) is 0.858. The molecule has 0 spiro atoms. The SMILES string of the molecule is CCCN1CCC(N2CCNCC(C(F)(F)F)C2)CC1. The molecule has 2 aliphatic rings. The van der Waals surface area contributed by atoms with E-state index < -0.39 is 12.1 Å². The second-order valence-electron chi connectivity index (χ2n) is 6.01. The van der Waals surface area contributed by atoms with Gasteiger partial charge >= 0.3 is 6.18 Å². The Labute approximate surface area is 119 Å². The number of nitrogens with one attached hydrogen (secondary N) is 1. The van der Waals surface area contributed by atoms with E-state index >= 15 is 0 Å². The van der Waals surface area contributed by atoms with Crippen molar-refractivity contribution in [2.75, 3.05) is 45.8 Å². The van der Waals surface area contributed by atoms with Crippen LogP contribution in [0.5, 0.6) is 0 Å². The molecule has 0 saturated carbocycles. The maximum absolute atomic E-state index is 12.9. The molecule has 2 rings (SSSR count). The van der Waals surface area contributed by atoms with Gasteiger partial charge in [-0.25, -0.2) is 0 Å². The molecule has 0 aromatic carbocycles. The molecule has 0 bridgehead atoms. The highest BCUT2D eigenvalue weighted by Gasteiger charge is 2.42. The van der Waals surface area contributed by atoms with E-state index in [2.05, 4.69) is 22.0 Å². The summed E-state index contributed by atoms with van der Waals surface area (Å²) in [5, 5.41) is 2.93. The molecule has 118 valence electrons. The molecule has 20 heavy (non-hydrogen) atoms. The van der Waals surface area contributed by atoms with Gasteiger partial charge in [0.25, 0.3) is 0 Å². The molecule has 2 heterocycles. The van der Waals surface area contributed by atoms with Crippen LogP contribution < -0.4 is 5.32 Å². The fourth-order valence-electron chi connectivity index (χ4n) is 3.31. The summed E-state index contributed by atoms with van der Waals surface area (Å²) in [7, 11) is 0. The van der Waals surface area contributed by atoms with E-state index in [9.17, 15) is 13.2 Å². The largest absolute Gasteiger partial charge is 0.394 e. The number of rotatable bonds is 3. The molecule has 0 amide bonds. The highest BCUT2D eigenvalue weighted by atomic mass is 19.4. The summed E-state index contributed by atoms with van der Waals surface area (Å²) in [5.74, 6) is -1.22. The maximum atomic E-state index is 12.9. The van der Waals surface area contributed by atoms with E-state index in [0.717, 1.165) is 45.4 Å². The minimum Gasteiger partial charge on any atom is -0.315 e. The third-order valence-electron chi connectivity index (χ3n) is 4.50. The Hall–Kier alpha value is -0.330. The topological polar surface area (TPSA) is 18.5 Å². The van der Waals surface area contributed by atoms with Gasteiger partial charge in [-0.2, -0.15) is 13.2 Å². The monoisotopic (exact) mass is 293 g/mol. The predicted octanol–water partition coefficient (Wildman–Crippen LogP) is 1.94. The summed E-state index contributed by atoms with van der Waals surface area (Å²) < 4.78 is 38.8. The lowest BCUT2D eigenvalue weighted by Gasteiger charge is -2.39. The van der Waals surface area contributed by atoms with Crippen molar-refractivity contribution in [3.63, 3.8) is 0 Å². The van der Waals surface area contributed by atoms with Crippen molar-refractivity contribution in [2.24, 2.45) is 5.92 Å². The van der Waals surface area contributed by atoms with Gasteiger partial charge in [0.05, 0.1) is 5.92 Å². The summed E-state index contributed by atoms with van der Waals surface area (Å²) in [5.41, 5.74) is 0. The van der Waals surface area contributed by atoms with Crippen LogP contribution in [0.4, 0.5) is 13.2 Å². The normalized spacial score (nSPS) is 28.5. The molecule has 1 N–H and O–H groups in total. The number of hydrogen-bond donors (Lipinski definition) is 1. The van der Waals surface area contributed by atoms with Gasteiger partial charge in [0, 0.05) is 32.2 Å². The lowest BCUT2D eigenvalue weighted by Crippen LogP contribution is -2.48. The third kappa shape index (κ3) is 4.33. The zero-order chi connectivity index (χ0) is 14.6. The minimum atomic E-state index is -4.08. The first-order valence-electron chi connectivity index (χ1n) is 7.74. The molecule has 0 aromatic heterocycles. The lowest BCUT2D eigenvalue weighted by molar-refractivity contribution is -0.177. The summed E-state index contributed by atoms with van der Waals surface area (Å²) in [6.45, 7) is 6.97. The van der Waals surface area contributed by atoms with Gasteiger partial charge in [-0.05, 0) is 38.9 Å². The maximum Gasteiger partial charge on any atom is 0.394 e. The Morgan fingerprint density at radius 3 is 2.45 bits per heavy atom. The Morgan fingerprint density at radius 1 is 1.15 bits per heavy atom. The van der Waals surface area contributed by atoms with Crippen LogP contribution in [-0.4, -0.2) is 67.8 Å². The van der Waals surface area contributed by atoms with Crippen LogP contribution in [0.25, 0.3) is 0 Å². The van der Waals surface area contributed by atoms with Crippen LogP contribution in [0, 0.1) is 5.92 Å². The number of piperidine rings is 1. The van der Waals surface area contributed by atoms with Gasteiger partial charge < -0.3 is 10.2 Å². The van der Waals surface area contributed by atoms with Crippen LogP contribution in [0.3, 0.4) is 0 Å². The Bertz CT molecular complexity index is 288. The molecule has 2 fully saturated rings. The average Bonchev–Trinajstić information content (AvgIpc) is 2.65. The van der Waals surface area contributed by atoms with E-state index in [-0.39, 0.29) is 13.1 Å². The fraction of sp³-hybridized carbons (Fsp3) is 1.00. The number of hydrogen-bond acceptors (Lipinski definition) is 3. The number of alkyl halides is 3. The van der Waals surface area contributed by atoms with Gasteiger partial charge in [-0.3, -0.25) is 4.90 Å². The van der Waals surface area contributed by atoms with E-state index in [1.807, 2.05) is 0 Å². The predicted molar refractivity (Wildman–Crippen MR) is 73.7 cm³/mol. The third-order valence-corrected chi connectivity index (χ3v) is 4.50. The molecule has 1 unspecified atom stereocenters. The van der Waals surface area contributed by atoms with Crippen molar-refractivity contribution in [3.05, 3.63) is 0 Å². The molecular weight excluding hydrogens is 267 g/mol. The van der Waals surface area contributed by atoms with E-state index in [1.54, 1.807) is 0 Å². The highest BCUT2D eigenvalue weighted by Crippen LogP contribution is 2.29. The minimum absolute atomic E-state index is 0.0642. The van der Waals surface area contributed by atoms with Crippen LogP contribution >= 0.6 is 0 Å². The van der Waals surface area contributed by atoms with E-state index in [0.29, 0.717) is 12.6 Å². The smallest absolute Gasteiger partial charge is 0.315 e. The van der Waals surface area contributed by atoms with Gasteiger partial charge in [0.1, 0.15) is 0 Å².